The van der Waals surface area contributed by atoms with Crippen molar-refractivity contribution in [3.8, 4) is 0 Å². The second-order valence-corrected chi connectivity index (χ2v) is 2.39. The Labute approximate surface area is 57.1 Å². The molecule has 0 saturated carbocycles. The molecule has 3 heteroatoms. The average Bonchev–Trinajstić information content (AvgIpc) is 1.68. The minimum absolute atomic E-state index is 0. The maximum Gasteiger partial charge on any atom is 0.179 e. The fourth-order valence-corrected chi connectivity index (χ4v) is 0.1000. The fraction of sp³-hybridized carbons (Fsp3) is 1.00. The molecule has 0 spiro atoms. The van der Waals surface area contributed by atoms with Gasteiger partial charge in [0.05, 0.1) is 20.6 Å². The van der Waals surface area contributed by atoms with Crippen LogP contribution < -0.4 is 12.4 Å². The molecule has 0 saturated heterocycles. The van der Waals surface area contributed by atoms with Gasteiger partial charge in [0.15, 0.2) is 6.73 Å². The summed E-state index contributed by atoms with van der Waals surface area (Å²) in [6, 6.07) is 0. The minimum Gasteiger partial charge on any atom is -1.00 e. The molecule has 0 rings (SSSR count). The van der Waals surface area contributed by atoms with Crippen molar-refractivity contribution in [3.63, 3.8) is 0 Å². The predicted molar refractivity (Wildman–Crippen MR) is 29.7 cm³/mol. The summed E-state index contributed by atoms with van der Waals surface area (Å²) in [7, 11) is 3.97. The molecule has 0 aromatic heterocycles. The first kappa shape index (κ1) is 11.1. The van der Waals surface area contributed by atoms with Crippen LogP contribution in [-0.2, 0) is 0 Å². The predicted octanol–water partition coefficient (Wildman–Crippen LogP) is -2.96. The van der Waals surface area contributed by atoms with Crippen molar-refractivity contribution in [3.05, 3.63) is 0 Å². The summed E-state index contributed by atoms with van der Waals surface area (Å²) in [5, 5.41) is 8.57. The summed E-state index contributed by atoms with van der Waals surface area (Å²) in [5.41, 5.74) is 0. The summed E-state index contributed by atoms with van der Waals surface area (Å²) in [6.07, 6.45) is 0. The Morgan fingerprint density at radius 3 is 1.75 bits per heavy atom. The van der Waals surface area contributed by atoms with E-state index in [1.807, 2.05) is 14.1 Å². The third-order valence-electron chi connectivity index (χ3n) is 1.24. The van der Waals surface area contributed by atoms with Crippen LogP contribution in [0.4, 0.5) is 0 Å². The molecule has 0 fully saturated rings. The van der Waals surface area contributed by atoms with Crippen LogP contribution in [0, 0.1) is 0 Å². The lowest BCUT2D eigenvalue weighted by atomic mass is 10.6. The fourth-order valence-electron chi connectivity index (χ4n) is 0.1000. The highest BCUT2D eigenvalue weighted by Gasteiger charge is 2.06. The maximum absolute atomic E-state index is 8.57. The lowest BCUT2D eigenvalue weighted by Gasteiger charge is -2.24. The zero-order valence-corrected chi connectivity index (χ0v) is 6.44. The van der Waals surface area contributed by atoms with Gasteiger partial charge in [-0.25, -0.2) is 0 Å². The van der Waals surface area contributed by atoms with Crippen LogP contribution in [0.3, 0.4) is 0 Å². The Bertz CT molecular complexity index is 50.4. The zero-order chi connectivity index (χ0) is 5.91. The van der Waals surface area contributed by atoms with E-state index in [0.29, 0.717) is 4.48 Å². The van der Waals surface area contributed by atoms with Gasteiger partial charge in [-0.05, 0) is 6.92 Å². The molecule has 8 heavy (non-hydrogen) atoms. The van der Waals surface area contributed by atoms with Crippen molar-refractivity contribution < 1.29 is 22.0 Å². The van der Waals surface area contributed by atoms with Crippen molar-refractivity contribution in [2.24, 2.45) is 0 Å². The number of halogens is 1. The van der Waals surface area contributed by atoms with E-state index in [2.05, 4.69) is 6.92 Å². The van der Waals surface area contributed by atoms with Crippen molar-refractivity contribution in [1.82, 2.24) is 0 Å². The van der Waals surface area contributed by atoms with Gasteiger partial charge < -0.3 is 22.0 Å². The van der Waals surface area contributed by atoms with Crippen molar-refractivity contribution in [2.45, 2.75) is 6.92 Å². The van der Waals surface area contributed by atoms with Crippen LogP contribution in [-0.4, -0.2) is 37.0 Å². The third-order valence-corrected chi connectivity index (χ3v) is 1.24. The molecule has 2 nitrogen and oxygen atoms in total. The van der Waals surface area contributed by atoms with Crippen LogP contribution in [0.15, 0.2) is 0 Å². The molecular formula is C5H14ClNO. The average molecular weight is 140 g/mol. The number of nitrogens with zero attached hydrogens (tertiary/aromatic N) is 1. The summed E-state index contributed by atoms with van der Waals surface area (Å²) in [6.45, 7) is 3.27. The van der Waals surface area contributed by atoms with Gasteiger partial charge in [0, 0.05) is 0 Å². The lowest BCUT2D eigenvalue weighted by Crippen LogP contribution is -3.00. The first-order valence-electron chi connectivity index (χ1n) is 2.55. The maximum atomic E-state index is 8.57. The number of aliphatic hydroxyl groups excluding tert-OH is 1. The molecule has 0 aliphatic rings. The van der Waals surface area contributed by atoms with E-state index in [0.717, 1.165) is 6.54 Å². The number of rotatable bonds is 2. The standard InChI is InChI=1S/C5H14NO.ClH/c1-4-6(2,3)5-7;/h7H,4-5H2,1-3H3;1H/q+1;/p-1. The normalized spacial score (nSPS) is 10.5. The monoisotopic (exact) mass is 139 g/mol. The highest BCUT2D eigenvalue weighted by atomic mass is 35.5. The molecule has 0 atom stereocenters. The number of quaternary nitrogens is 1. The van der Waals surface area contributed by atoms with Crippen molar-refractivity contribution in [2.75, 3.05) is 27.4 Å². The van der Waals surface area contributed by atoms with Gasteiger partial charge in [0.25, 0.3) is 0 Å². The molecule has 0 aliphatic heterocycles. The highest BCUT2D eigenvalue weighted by molar-refractivity contribution is 4.10. The van der Waals surface area contributed by atoms with E-state index < -0.39 is 0 Å². The number of aliphatic hydroxyl groups is 1. The van der Waals surface area contributed by atoms with Gasteiger partial charge in [-0.3, -0.25) is 0 Å². The summed E-state index contributed by atoms with van der Waals surface area (Å²) < 4.78 is 0.694. The van der Waals surface area contributed by atoms with E-state index in [4.69, 9.17) is 5.11 Å². The van der Waals surface area contributed by atoms with Crippen LogP contribution in [0.1, 0.15) is 6.92 Å². The first-order valence-corrected chi connectivity index (χ1v) is 2.55. The van der Waals surface area contributed by atoms with E-state index in [9.17, 15) is 0 Å². The quantitative estimate of drug-likeness (QED) is 0.320. The van der Waals surface area contributed by atoms with Gasteiger partial charge in [0.1, 0.15) is 0 Å². The molecular weight excluding hydrogens is 126 g/mol. The second-order valence-electron chi connectivity index (χ2n) is 2.39. The Hall–Kier alpha value is 0.210. The van der Waals surface area contributed by atoms with E-state index >= 15 is 0 Å². The number of hydrogen-bond donors (Lipinski definition) is 1. The van der Waals surface area contributed by atoms with Crippen molar-refractivity contribution >= 4 is 0 Å². The van der Waals surface area contributed by atoms with Gasteiger partial charge in [-0.2, -0.15) is 0 Å². The van der Waals surface area contributed by atoms with Crippen molar-refractivity contribution in [1.29, 1.82) is 0 Å². The van der Waals surface area contributed by atoms with Gasteiger partial charge >= 0.3 is 0 Å². The van der Waals surface area contributed by atoms with Gasteiger partial charge in [-0.1, -0.05) is 0 Å². The van der Waals surface area contributed by atoms with Gasteiger partial charge in [0.2, 0.25) is 0 Å². The molecule has 0 bridgehead atoms. The summed E-state index contributed by atoms with van der Waals surface area (Å²) in [4.78, 5) is 0. The first-order chi connectivity index (χ1) is 3.12. The van der Waals surface area contributed by atoms with E-state index in [1.165, 1.54) is 0 Å². The summed E-state index contributed by atoms with van der Waals surface area (Å²) in [5.74, 6) is 0. The zero-order valence-electron chi connectivity index (χ0n) is 5.69. The molecule has 0 radical (unpaired) electrons. The second kappa shape index (κ2) is 4.13. The van der Waals surface area contributed by atoms with E-state index in [-0.39, 0.29) is 19.1 Å². The Balaban J connectivity index is 0. The molecule has 0 unspecified atom stereocenters. The van der Waals surface area contributed by atoms with Crippen LogP contribution in [0.5, 0.6) is 0 Å². The topological polar surface area (TPSA) is 20.2 Å². The smallest absolute Gasteiger partial charge is 0.179 e. The van der Waals surface area contributed by atoms with Gasteiger partial charge in [-0.15, -0.1) is 0 Å². The lowest BCUT2D eigenvalue weighted by molar-refractivity contribution is -0.907. The van der Waals surface area contributed by atoms with Crippen LogP contribution >= 0.6 is 0 Å². The summed E-state index contributed by atoms with van der Waals surface area (Å²) >= 11 is 0. The molecule has 1 N–H and O–H groups in total. The van der Waals surface area contributed by atoms with Crippen LogP contribution in [0.2, 0.25) is 0 Å². The van der Waals surface area contributed by atoms with Crippen LogP contribution in [0.25, 0.3) is 0 Å². The Morgan fingerprint density at radius 2 is 1.75 bits per heavy atom. The molecule has 0 amide bonds. The molecule has 52 valence electrons. The SMILES string of the molecule is CC[N+](C)(C)CO.[Cl-]. The molecule has 0 aromatic rings. The molecule has 0 aliphatic carbocycles. The minimum atomic E-state index is 0. The Kier molecular flexibility index (Phi) is 5.71. The molecule has 0 heterocycles. The molecule has 0 aromatic carbocycles. The Morgan fingerprint density at radius 1 is 1.38 bits per heavy atom. The number of hydrogen-bond acceptors (Lipinski definition) is 1. The highest BCUT2D eigenvalue weighted by Crippen LogP contribution is 1.89. The van der Waals surface area contributed by atoms with E-state index in [1.54, 1.807) is 0 Å². The largest absolute Gasteiger partial charge is 1.00 e. The third kappa shape index (κ3) is 4.37.